The zero-order valence-electron chi connectivity index (χ0n) is 9.62. The van der Waals surface area contributed by atoms with Gasteiger partial charge in [0, 0.05) is 12.1 Å². The Morgan fingerprint density at radius 2 is 2.11 bits per heavy atom. The minimum Gasteiger partial charge on any atom is -0.508 e. The summed E-state index contributed by atoms with van der Waals surface area (Å²) < 4.78 is 26.4. The van der Waals surface area contributed by atoms with E-state index in [0.29, 0.717) is 10.6 Å². The van der Waals surface area contributed by atoms with Gasteiger partial charge in [0.1, 0.15) is 5.75 Å². The lowest BCUT2D eigenvalue weighted by atomic mass is 10.2. The quantitative estimate of drug-likeness (QED) is 0.894. The second-order valence-corrected chi connectivity index (χ2v) is 6.88. The summed E-state index contributed by atoms with van der Waals surface area (Å²) in [6, 6.07) is 6.59. The van der Waals surface area contributed by atoms with Gasteiger partial charge in [-0.15, -0.1) is 11.3 Å². The normalized spacial score (nSPS) is 11.6. The van der Waals surface area contributed by atoms with Gasteiger partial charge < -0.3 is 5.11 Å². The highest BCUT2D eigenvalue weighted by Crippen LogP contribution is 2.19. The fourth-order valence-electron chi connectivity index (χ4n) is 1.37. The molecule has 96 valence electrons. The molecule has 2 aromatic rings. The van der Waals surface area contributed by atoms with Gasteiger partial charge >= 0.3 is 0 Å². The lowest BCUT2D eigenvalue weighted by Crippen LogP contribution is -2.22. The molecule has 5 nitrogen and oxygen atoms in total. The van der Waals surface area contributed by atoms with Gasteiger partial charge in [-0.3, -0.25) is 0 Å². The number of nitrogens with zero attached hydrogens (tertiary/aromatic N) is 1. The maximum Gasteiger partial charge on any atom is 0.251 e. The van der Waals surface area contributed by atoms with Crippen molar-refractivity contribution in [3.8, 4) is 5.75 Å². The molecule has 0 spiro atoms. The van der Waals surface area contributed by atoms with Gasteiger partial charge in [-0.25, -0.2) is 18.1 Å². The van der Waals surface area contributed by atoms with E-state index in [1.54, 1.807) is 25.1 Å². The molecule has 2 N–H and O–H groups in total. The molecule has 0 amide bonds. The Morgan fingerprint density at radius 1 is 1.39 bits per heavy atom. The van der Waals surface area contributed by atoms with E-state index in [1.165, 1.54) is 12.3 Å². The number of sulfonamides is 1. The number of hydrogen-bond acceptors (Lipinski definition) is 5. The summed E-state index contributed by atoms with van der Waals surface area (Å²) in [5, 5.41) is 10.2. The Balaban J connectivity index is 2.13. The van der Waals surface area contributed by atoms with Crippen LogP contribution in [0, 0.1) is 6.92 Å². The van der Waals surface area contributed by atoms with Crippen molar-refractivity contribution in [1.82, 2.24) is 9.71 Å². The van der Waals surface area contributed by atoms with E-state index in [9.17, 15) is 13.5 Å². The summed E-state index contributed by atoms with van der Waals surface area (Å²) in [6.45, 7) is 1.79. The number of para-hydroxylation sites is 1. The van der Waals surface area contributed by atoms with Crippen molar-refractivity contribution in [3.63, 3.8) is 0 Å². The standard InChI is InChI=1S/C11H12N2O3S2/c1-8-12-7-11(17-8)18(15,16)13-6-9-4-2-3-5-10(9)14/h2-5,7,13-14H,6H2,1H3. The van der Waals surface area contributed by atoms with Crippen molar-refractivity contribution < 1.29 is 13.5 Å². The molecule has 0 fully saturated rings. The van der Waals surface area contributed by atoms with E-state index in [4.69, 9.17) is 0 Å². The van der Waals surface area contributed by atoms with Crippen LogP contribution in [0.3, 0.4) is 0 Å². The van der Waals surface area contributed by atoms with Crippen molar-refractivity contribution in [3.05, 3.63) is 41.0 Å². The molecule has 0 bridgehead atoms. The Bertz CT molecular complexity index is 650. The van der Waals surface area contributed by atoms with Gasteiger partial charge in [0.2, 0.25) is 0 Å². The van der Waals surface area contributed by atoms with Crippen molar-refractivity contribution in [1.29, 1.82) is 0 Å². The average molecular weight is 284 g/mol. The van der Waals surface area contributed by atoms with Crippen molar-refractivity contribution >= 4 is 21.4 Å². The first-order valence-corrected chi connectivity index (χ1v) is 7.48. The predicted molar refractivity (Wildman–Crippen MR) is 69.0 cm³/mol. The van der Waals surface area contributed by atoms with Crippen LogP contribution in [-0.4, -0.2) is 18.5 Å². The Kier molecular flexibility index (Phi) is 3.65. The van der Waals surface area contributed by atoms with Crippen LogP contribution in [0.2, 0.25) is 0 Å². The number of aryl methyl sites for hydroxylation is 1. The van der Waals surface area contributed by atoms with Crippen molar-refractivity contribution in [2.45, 2.75) is 17.7 Å². The number of hydrogen-bond donors (Lipinski definition) is 2. The van der Waals surface area contributed by atoms with Crippen LogP contribution in [-0.2, 0) is 16.6 Å². The summed E-state index contributed by atoms with van der Waals surface area (Å²) in [6.07, 6.45) is 1.33. The van der Waals surface area contributed by atoms with E-state index < -0.39 is 10.0 Å². The molecule has 1 aromatic heterocycles. The van der Waals surface area contributed by atoms with E-state index in [1.807, 2.05) is 0 Å². The van der Waals surface area contributed by atoms with E-state index in [2.05, 4.69) is 9.71 Å². The molecule has 1 aromatic carbocycles. The highest BCUT2D eigenvalue weighted by atomic mass is 32.2. The molecule has 0 atom stereocenters. The van der Waals surface area contributed by atoms with Crippen LogP contribution in [0.15, 0.2) is 34.7 Å². The molecule has 0 aliphatic carbocycles. The summed E-state index contributed by atoms with van der Waals surface area (Å²) in [5.41, 5.74) is 0.530. The number of rotatable bonds is 4. The van der Waals surface area contributed by atoms with Crippen molar-refractivity contribution in [2.75, 3.05) is 0 Å². The maximum atomic E-state index is 11.9. The third kappa shape index (κ3) is 2.87. The molecule has 0 aliphatic heterocycles. The first kappa shape index (κ1) is 13.0. The average Bonchev–Trinajstić information content (AvgIpc) is 2.76. The molecule has 18 heavy (non-hydrogen) atoms. The molecular weight excluding hydrogens is 272 g/mol. The smallest absolute Gasteiger partial charge is 0.251 e. The van der Waals surface area contributed by atoms with Crippen LogP contribution in [0.25, 0.3) is 0 Å². The number of phenolic OH excluding ortho intramolecular Hbond substituents is 1. The summed E-state index contributed by atoms with van der Waals surface area (Å²) in [4.78, 5) is 3.91. The zero-order chi connectivity index (χ0) is 13.2. The Morgan fingerprint density at radius 3 is 2.72 bits per heavy atom. The largest absolute Gasteiger partial charge is 0.508 e. The number of nitrogens with one attached hydrogen (secondary N) is 1. The van der Waals surface area contributed by atoms with E-state index in [0.717, 1.165) is 11.3 Å². The minimum atomic E-state index is -3.56. The van der Waals surface area contributed by atoms with Gasteiger partial charge in [0.15, 0.2) is 4.21 Å². The van der Waals surface area contributed by atoms with Gasteiger partial charge in [-0.1, -0.05) is 18.2 Å². The number of thiazole rings is 1. The number of aromatic hydroxyl groups is 1. The van der Waals surface area contributed by atoms with E-state index in [-0.39, 0.29) is 16.5 Å². The molecule has 2 rings (SSSR count). The third-order valence-corrected chi connectivity index (χ3v) is 5.08. The number of benzene rings is 1. The molecule has 1 heterocycles. The number of aromatic nitrogens is 1. The molecule has 0 radical (unpaired) electrons. The Labute approximate surface area is 109 Å². The van der Waals surface area contributed by atoms with Crippen LogP contribution >= 0.6 is 11.3 Å². The van der Waals surface area contributed by atoms with Gasteiger partial charge in [-0.2, -0.15) is 0 Å². The maximum absolute atomic E-state index is 11.9. The summed E-state index contributed by atoms with van der Waals surface area (Å²) in [7, 11) is -3.56. The fraction of sp³-hybridized carbons (Fsp3) is 0.182. The lowest BCUT2D eigenvalue weighted by Gasteiger charge is -2.06. The highest BCUT2D eigenvalue weighted by Gasteiger charge is 2.17. The van der Waals surface area contributed by atoms with Crippen molar-refractivity contribution in [2.24, 2.45) is 0 Å². The second kappa shape index (κ2) is 5.05. The lowest BCUT2D eigenvalue weighted by molar-refractivity contribution is 0.467. The molecular formula is C11H12N2O3S2. The molecule has 7 heteroatoms. The summed E-state index contributed by atoms with van der Waals surface area (Å²) in [5.74, 6) is 0.0701. The Hall–Kier alpha value is -1.44. The van der Waals surface area contributed by atoms with E-state index >= 15 is 0 Å². The fourth-order valence-corrected chi connectivity index (χ4v) is 3.53. The molecule has 0 saturated carbocycles. The molecule has 0 unspecified atom stereocenters. The predicted octanol–water partition coefficient (Wildman–Crippen LogP) is 1.64. The monoisotopic (exact) mass is 284 g/mol. The van der Waals surface area contributed by atoms with Gasteiger partial charge in [-0.05, 0) is 13.0 Å². The van der Waals surface area contributed by atoms with Gasteiger partial charge in [0.05, 0.1) is 11.2 Å². The first-order chi connectivity index (χ1) is 8.49. The topological polar surface area (TPSA) is 79.3 Å². The van der Waals surface area contributed by atoms with Crippen LogP contribution in [0.4, 0.5) is 0 Å². The summed E-state index contributed by atoms with van der Waals surface area (Å²) >= 11 is 1.11. The number of phenols is 1. The third-order valence-electron chi connectivity index (χ3n) is 2.31. The highest BCUT2D eigenvalue weighted by molar-refractivity contribution is 7.91. The molecule has 0 saturated heterocycles. The minimum absolute atomic E-state index is 0.0476. The van der Waals surface area contributed by atoms with Crippen LogP contribution < -0.4 is 4.72 Å². The second-order valence-electron chi connectivity index (χ2n) is 3.65. The molecule has 0 aliphatic rings. The van der Waals surface area contributed by atoms with Crippen LogP contribution in [0.1, 0.15) is 10.6 Å². The zero-order valence-corrected chi connectivity index (χ0v) is 11.3. The SMILES string of the molecule is Cc1ncc(S(=O)(=O)NCc2ccccc2O)s1. The van der Waals surface area contributed by atoms with Gasteiger partial charge in [0.25, 0.3) is 10.0 Å². The van der Waals surface area contributed by atoms with Crippen LogP contribution in [0.5, 0.6) is 5.75 Å². The first-order valence-electron chi connectivity index (χ1n) is 5.18.